The fourth-order valence-corrected chi connectivity index (χ4v) is 2.36. The number of morpholine rings is 1. The second-order valence-corrected chi connectivity index (χ2v) is 5.21. The van der Waals surface area contributed by atoms with Crippen LogP contribution in [-0.4, -0.2) is 30.3 Å². The van der Waals surface area contributed by atoms with E-state index < -0.39 is 0 Å². The highest BCUT2D eigenvalue weighted by molar-refractivity contribution is 6.33. The normalized spacial score (nSPS) is 19.4. The molecule has 2 heterocycles. The molecule has 0 aliphatic carbocycles. The Morgan fingerprint density at radius 2 is 2.35 bits per heavy atom. The Morgan fingerprint density at radius 3 is 3.00 bits per heavy atom. The number of pyridine rings is 1. The van der Waals surface area contributed by atoms with Gasteiger partial charge in [-0.25, -0.2) is 4.98 Å². The second-order valence-electron chi connectivity index (χ2n) is 4.83. The third-order valence-electron chi connectivity index (χ3n) is 3.07. The lowest BCUT2D eigenvalue weighted by Crippen LogP contribution is -2.53. The molecule has 2 rings (SSSR count). The molecule has 0 bridgehead atoms. The zero-order valence-corrected chi connectivity index (χ0v) is 11.0. The summed E-state index contributed by atoms with van der Waals surface area (Å²) in [5.41, 5.74) is 6.50. The van der Waals surface area contributed by atoms with E-state index in [-0.39, 0.29) is 5.54 Å². The third-order valence-corrected chi connectivity index (χ3v) is 3.48. The monoisotopic (exact) mass is 255 g/mol. The molecule has 5 heteroatoms. The zero-order valence-electron chi connectivity index (χ0n) is 10.2. The third kappa shape index (κ3) is 2.39. The summed E-state index contributed by atoms with van der Waals surface area (Å²) in [4.78, 5) is 6.58. The van der Waals surface area contributed by atoms with Gasteiger partial charge in [0.15, 0.2) is 0 Å². The quantitative estimate of drug-likeness (QED) is 0.876. The SMILES string of the molecule is CC1(C)COCCN1c1nccc(CN)c1Cl. The van der Waals surface area contributed by atoms with Gasteiger partial charge in [0, 0.05) is 19.3 Å². The number of ether oxygens (including phenoxy) is 1. The maximum absolute atomic E-state index is 6.34. The molecule has 0 radical (unpaired) electrons. The zero-order chi connectivity index (χ0) is 12.5. The predicted octanol–water partition coefficient (Wildman–Crippen LogP) is 1.81. The summed E-state index contributed by atoms with van der Waals surface area (Å²) in [6, 6.07) is 1.86. The summed E-state index contributed by atoms with van der Waals surface area (Å²) in [6.07, 6.45) is 1.76. The van der Waals surface area contributed by atoms with Crippen LogP contribution in [0.1, 0.15) is 19.4 Å². The maximum atomic E-state index is 6.34. The van der Waals surface area contributed by atoms with Gasteiger partial charge in [-0.15, -0.1) is 0 Å². The van der Waals surface area contributed by atoms with Gasteiger partial charge in [0.25, 0.3) is 0 Å². The molecule has 94 valence electrons. The molecule has 0 amide bonds. The van der Waals surface area contributed by atoms with Crippen molar-refractivity contribution in [2.24, 2.45) is 5.73 Å². The molecule has 0 spiro atoms. The van der Waals surface area contributed by atoms with E-state index in [1.54, 1.807) is 6.20 Å². The summed E-state index contributed by atoms with van der Waals surface area (Å²) < 4.78 is 5.50. The summed E-state index contributed by atoms with van der Waals surface area (Å²) in [6.45, 7) is 6.86. The highest BCUT2D eigenvalue weighted by Crippen LogP contribution is 2.32. The predicted molar refractivity (Wildman–Crippen MR) is 69.4 cm³/mol. The topological polar surface area (TPSA) is 51.4 Å². The Balaban J connectivity index is 2.39. The van der Waals surface area contributed by atoms with Crippen molar-refractivity contribution >= 4 is 17.4 Å². The van der Waals surface area contributed by atoms with Crippen LogP contribution in [0.25, 0.3) is 0 Å². The van der Waals surface area contributed by atoms with Gasteiger partial charge in [0.1, 0.15) is 5.82 Å². The number of anilines is 1. The average Bonchev–Trinajstić information content (AvgIpc) is 2.30. The fraction of sp³-hybridized carbons (Fsp3) is 0.583. The Bertz CT molecular complexity index is 409. The van der Waals surface area contributed by atoms with Gasteiger partial charge in [0.2, 0.25) is 0 Å². The summed E-state index contributed by atoms with van der Waals surface area (Å²) in [5, 5.41) is 0.657. The van der Waals surface area contributed by atoms with Gasteiger partial charge < -0.3 is 15.4 Å². The van der Waals surface area contributed by atoms with Gasteiger partial charge in [-0.1, -0.05) is 11.6 Å². The van der Waals surface area contributed by atoms with E-state index in [0.717, 1.165) is 17.9 Å². The largest absolute Gasteiger partial charge is 0.377 e. The fourth-order valence-electron chi connectivity index (χ4n) is 2.07. The number of nitrogens with zero attached hydrogens (tertiary/aromatic N) is 2. The van der Waals surface area contributed by atoms with Crippen LogP contribution in [0.2, 0.25) is 5.02 Å². The highest BCUT2D eigenvalue weighted by atomic mass is 35.5. The van der Waals surface area contributed by atoms with Gasteiger partial charge >= 0.3 is 0 Å². The molecule has 1 fully saturated rings. The lowest BCUT2D eigenvalue weighted by molar-refractivity contribution is 0.0639. The molecule has 0 saturated carbocycles. The van der Waals surface area contributed by atoms with Crippen LogP contribution in [0.15, 0.2) is 12.3 Å². The number of nitrogens with two attached hydrogens (primary N) is 1. The number of halogens is 1. The molecule has 1 aliphatic rings. The first-order valence-corrected chi connectivity index (χ1v) is 6.13. The minimum absolute atomic E-state index is 0.0951. The van der Waals surface area contributed by atoms with Crippen molar-refractivity contribution in [3.63, 3.8) is 0 Å². The first kappa shape index (κ1) is 12.6. The van der Waals surface area contributed by atoms with Gasteiger partial charge in [-0.2, -0.15) is 0 Å². The van der Waals surface area contributed by atoms with Crippen LogP contribution in [0.3, 0.4) is 0 Å². The summed E-state index contributed by atoms with van der Waals surface area (Å²) >= 11 is 6.34. The van der Waals surface area contributed by atoms with Crippen molar-refractivity contribution in [2.75, 3.05) is 24.7 Å². The van der Waals surface area contributed by atoms with E-state index in [1.807, 2.05) is 6.07 Å². The highest BCUT2D eigenvalue weighted by Gasteiger charge is 2.32. The second kappa shape index (κ2) is 4.80. The number of hydrogen-bond donors (Lipinski definition) is 1. The van der Waals surface area contributed by atoms with Crippen molar-refractivity contribution in [1.29, 1.82) is 0 Å². The van der Waals surface area contributed by atoms with Crippen molar-refractivity contribution in [2.45, 2.75) is 25.9 Å². The number of hydrogen-bond acceptors (Lipinski definition) is 4. The molecule has 1 saturated heterocycles. The summed E-state index contributed by atoms with van der Waals surface area (Å²) in [5.74, 6) is 0.808. The van der Waals surface area contributed by atoms with Crippen molar-refractivity contribution in [1.82, 2.24) is 4.98 Å². The molecule has 2 N–H and O–H groups in total. The average molecular weight is 256 g/mol. The maximum Gasteiger partial charge on any atom is 0.148 e. The van der Waals surface area contributed by atoms with Crippen LogP contribution >= 0.6 is 11.6 Å². The smallest absolute Gasteiger partial charge is 0.148 e. The molecule has 0 unspecified atom stereocenters. The van der Waals surface area contributed by atoms with Crippen molar-refractivity contribution in [3.05, 3.63) is 22.8 Å². The van der Waals surface area contributed by atoms with Gasteiger partial charge in [0.05, 0.1) is 23.8 Å². The van der Waals surface area contributed by atoms with Crippen LogP contribution < -0.4 is 10.6 Å². The molecule has 1 aromatic heterocycles. The Hall–Kier alpha value is -0.840. The van der Waals surface area contributed by atoms with Crippen LogP contribution in [0.4, 0.5) is 5.82 Å². The number of rotatable bonds is 2. The Labute approximate surface area is 107 Å². The van der Waals surface area contributed by atoms with E-state index in [0.29, 0.717) is 24.8 Å². The minimum atomic E-state index is -0.0951. The molecule has 1 aliphatic heterocycles. The molecular formula is C12H18ClN3O. The number of aromatic nitrogens is 1. The molecular weight excluding hydrogens is 238 g/mol. The van der Waals surface area contributed by atoms with Gasteiger partial charge in [-0.3, -0.25) is 0 Å². The van der Waals surface area contributed by atoms with Crippen LogP contribution in [-0.2, 0) is 11.3 Å². The lowest BCUT2D eigenvalue weighted by atomic mass is 10.0. The van der Waals surface area contributed by atoms with Crippen molar-refractivity contribution in [3.8, 4) is 0 Å². The van der Waals surface area contributed by atoms with Crippen LogP contribution in [0.5, 0.6) is 0 Å². The molecule has 17 heavy (non-hydrogen) atoms. The molecule has 1 aromatic rings. The summed E-state index contributed by atoms with van der Waals surface area (Å²) in [7, 11) is 0. The van der Waals surface area contributed by atoms with E-state index in [9.17, 15) is 0 Å². The van der Waals surface area contributed by atoms with E-state index in [4.69, 9.17) is 22.1 Å². The molecule has 4 nitrogen and oxygen atoms in total. The van der Waals surface area contributed by atoms with E-state index in [2.05, 4.69) is 23.7 Å². The molecule has 0 aromatic carbocycles. The Kier molecular flexibility index (Phi) is 3.56. The minimum Gasteiger partial charge on any atom is -0.377 e. The van der Waals surface area contributed by atoms with Crippen molar-refractivity contribution < 1.29 is 4.74 Å². The first-order valence-electron chi connectivity index (χ1n) is 5.75. The lowest BCUT2D eigenvalue weighted by Gasteiger charge is -2.43. The van der Waals surface area contributed by atoms with Gasteiger partial charge in [-0.05, 0) is 25.5 Å². The Morgan fingerprint density at radius 1 is 1.59 bits per heavy atom. The van der Waals surface area contributed by atoms with E-state index in [1.165, 1.54) is 0 Å². The molecule has 0 atom stereocenters. The standard InChI is InChI=1S/C12H18ClN3O/c1-12(2)8-17-6-5-16(12)11-10(13)9(7-14)3-4-15-11/h3-4H,5-8,14H2,1-2H3. The first-order chi connectivity index (χ1) is 8.06. The van der Waals surface area contributed by atoms with E-state index >= 15 is 0 Å². The van der Waals surface area contributed by atoms with Crippen LogP contribution in [0, 0.1) is 0 Å².